The van der Waals surface area contributed by atoms with E-state index in [0.717, 1.165) is 48.6 Å². The number of methoxy groups -OCH3 is 1. The number of aryl methyl sites for hydroxylation is 1. The van der Waals surface area contributed by atoms with Crippen LogP contribution in [-0.4, -0.2) is 36.2 Å². The molecule has 22 heavy (non-hydrogen) atoms. The lowest BCUT2D eigenvalue weighted by molar-refractivity contribution is 0.416. The van der Waals surface area contributed by atoms with Crippen LogP contribution in [0.15, 0.2) is 30.3 Å². The number of benzene rings is 1. The van der Waals surface area contributed by atoms with Crippen LogP contribution < -0.4 is 15.4 Å². The van der Waals surface area contributed by atoms with E-state index in [2.05, 4.69) is 20.6 Å². The zero-order chi connectivity index (χ0) is 15.4. The SMILES string of the molecule is COc1ccccc1-c1cc(C)nc(NC2CCNCC2)n1. The zero-order valence-corrected chi connectivity index (χ0v) is 13.1. The van der Waals surface area contributed by atoms with Gasteiger partial charge in [0, 0.05) is 17.3 Å². The highest BCUT2D eigenvalue weighted by Gasteiger charge is 2.15. The maximum atomic E-state index is 5.44. The smallest absolute Gasteiger partial charge is 0.223 e. The molecule has 2 aromatic rings. The molecule has 1 aromatic carbocycles. The van der Waals surface area contributed by atoms with Crippen LogP contribution in [0.5, 0.6) is 5.75 Å². The van der Waals surface area contributed by atoms with Gasteiger partial charge in [0.2, 0.25) is 5.95 Å². The minimum absolute atomic E-state index is 0.438. The molecule has 116 valence electrons. The molecule has 2 N–H and O–H groups in total. The van der Waals surface area contributed by atoms with E-state index in [4.69, 9.17) is 4.74 Å². The Labute approximate surface area is 131 Å². The van der Waals surface area contributed by atoms with Gasteiger partial charge in [0.15, 0.2) is 0 Å². The molecule has 1 aliphatic rings. The summed E-state index contributed by atoms with van der Waals surface area (Å²) in [7, 11) is 1.68. The van der Waals surface area contributed by atoms with Crippen molar-refractivity contribution in [2.45, 2.75) is 25.8 Å². The standard InChI is InChI=1S/C17H22N4O/c1-12-11-15(14-5-3-4-6-16(14)22-2)21-17(19-12)20-13-7-9-18-10-8-13/h3-6,11,13,18H,7-10H2,1-2H3,(H,19,20,21). The van der Waals surface area contributed by atoms with Gasteiger partial charge in [-0.2, -0.15) is 0 Å². The van der Waals surface area contributed by atoms with E-state index >= 15 is 0 Å². The summed E-state index contributed by atoms with van der Waals surface area (Å²) < 4.78 is 5.44. The molecule has 0 unspecified atom stereocenters. The van der Waals surface area contributed by atoms with E-state index in [1.165, 1.54) is 0 Å². The minimum Gasteiger partial charge on any atom is -0.496 e. The third-order valence-electron chi connectivity index (χ3n) is 3.91. The van der Waals surface area contributed by atoms with Crippen LogP contribution in [0, 0.1) is 6.92 Å². The molecular formula is C17H22N4O. The number of hydrogen-bond donors (Lipinski definition) is 2. The molecule has 0 saturated carbocycles. The average molecular weight is 298 g/mol. The number of hydrogen-bond acceptors (Lipinski definition) is 5. The molecule has 1 aliphatic heterocycles. The van der Waals surface area contributed by atoms with Crippen LogP contribution in [0.2, 0.25) is 0 Å². The molecule has 1 fully saturated rings. The molecule has 0 aliphatic carbocycles. The number of nitrogens with one attached hydrogen (secondary N) is 2. The summed E-state index contributed by atoms with van der Waals surface area (Å²) in [6.45, 7) is 4.08. The zero-order valence-electron chi connectivity index (χ0n) is 13.1. The minimum atomic E-state index is 0.438. The van der Waals surface area contributed by atoms with E-state index in [1.807, 2.05) is 37.3 Å². The summed E-state index contributed by atoms with van der Waals surface area (Å²) in [6.07, 6.45) is 2.20. The highest BCUT2D eigenvalue weighted by Crippen LogP contribution is 2.29. The van der Waals surface area contributed by atoms with Gasteiger partial charge in [-0.15, -0.1) is 0 Å². The van der Waals surface area contributed by atoms with Crippen molar-refractivity contribution in [2.75, 3.05) is 25.5 Å². The predicted molar refractivity (Wildman–Crippen MR) is 88.3 cm³/mol. The van der Waals surface area contributed by atoms with Gasteiger partial charge in [0.05, 0.1) is 12.8 Å². The third kappa shape index (κ3) is 3.36. The Hall–Kier alpha value is -2.14. The first kappa shape index (κ1) is 14.8. The normalized spacial score (nSPS) is 15.5. The molecule has 5 heteroatoms. The number of ether oxygens (including phenoxy) is 1. The largest absolute Gasteiger partial charge is 0.496 e. The molecular weight excluding hydrogens is 276 g/mol. The Morgan fingerprint density at radius 2 is 1.95 bits per heavy atom. The Kier molecular flexibility index (Phi) is 4.53. The molecule has 0 amide bonds. The second-order valence-corrected chi connectivity index (χ2v) is 5.59. The van der Waals surface area contributed by atoms with Crippen molar-refractivity contribution in [3.8, 4) is 17.0 Å². The van der Waals surface area contributed by atoms with E-state index in [1.54, 1.807) is 7.11 Å². The highest BCUT2D eigenvalue weighted by atomic mass is 16.5. The van der Waals surface area contributed by atoms with Gasteiger partial charge in [-0.1, -0.05) is 12.1 Å². The summed E-state index contributed by atoms with van der Waals surface area (Å²) >= 11 is 0. The number of para-hydroxylation sites is 1. The number of nitrogens with zero attached hydrogens (tertiary/aromatic N) is 2. The molecule has 3 rings (SSSR count). The first-order chi connectivity index (χ1) is 10.8. The van der Waals surface area contributed by atoms with Gasteiger partial charge in [0.1, 0.15) is 5.75 Å². The molecule has 0 radical (unpaired) electrons. The lowest BCUT2D eigenvalue weighted by atomic mass is 10.1. The maximum absolute atomic E-state index is 5.44. The van der Waals surface area contributed by atoms with E-state index in [9.17, 15) is 0 Å². The molecule has 5 nitrogen and oxygen atoms in total. The van der Waals surface area contributed by atoms with Gasteiger partial charge < -0.3 is 15.4 Å². The van der Waals surface area contributed by atoms with Crippen LogP contribution in [0.25, 0.3) is 11.3 Å². The molecule has 0 bridgehead atoms. The average Bonchev–Trinajstić information content (AvgIpc) is 2.55. The van der Waals surface area contributed by atoms with Crippen molar-refractivity contribution in [3.63, 3.8) is 0 Å². The van der Waals surface area contributed by atoms with Crippen molar-refractivity contribution >= 4 is 5.95 Å². The second-order valence-electron chi connectivity index (χ2n) is 5.59. The molecule has 1 aromatic heterocycles. The monoisotopic (exact) mass is 298 g/mol. The van der Waals surface area contributed by atoms with Crippen molar-refractivity contribution in [1.29, 1.82) is 0 Å². The highest BCUT2D eigenvalue weighted by molar-refractivity contribution is 5.68. The lowest BCUT2D eigenvalue weighted by Crippen LogP contribution is -2.35. The van der Waals surface area contributed by atoms with Crippen LogP contribution in [0.3, 0.4) is 0 Å². The third-order valence-corrected chi connectivity index (χ3v) is 3.91. The quantitative estimate of drug-likeness (QED) is 0.908. The molecule has 0 atom stereocenters. The van der Waals surface area contributed by atoms with Crippen LogP contribution in [0.1, 0.15) is 18.5 Å². The van der Waals surface area contributed by atoms with E-state index < -0.39 is 0 Å². The van der Waals surface area contributed by atoms with Crippen LogP contribution in [0.4, 0.5) is 5.95 Å². The molecule has 2 heterocycles. The Morgan fingerprint density at radius 1 is 1.18 bits per heavy atom. The number of rotatable bonds is 4. The van der Waals surface area contributed by atoms with Crippen molar-refractivity contribution in [1.82, 2.24) is 15.3 Å². The number of piperidine rings is 1. The fourth-order valence-corrected chi connectivity index (χ4v) is 2.78. The van der Waals surface area contributed by atoms with Crippen molar-refractivity contribution < 1.29 is 4.74 Å². The maximum Gasteiger partial charge on any atom is 0.223 e. The molecule has 1 saturated heterocycles. The Morgan fingerprint density at radius 3 is 2.73 bits per heavy atom. The summed E-state index contributed by atoms with van der Waals surface area (Å²) in [5.41, 5.74) is 2.83. The first-order valence-corrected chi connectivity index (χ1v) is 7.72. The Bertz CT molecular complexity index is 638. The predicted octanol–water partition coefficient (Wildman–Crippen LogP) is 2.62. The van der Waals surface area contributed by atoms with Crippen LogP contribution in [-0.2, 0) is 0 Å². The van der Waals surface area contributed by atoms with Gasteiger partial charge in [-0.3, -0.25) is 0 Å². The second kappa shape index (κ2) is 6.75. The van der Waals surface area contributed by atoms with Gasteiger partial charge in [0.25, 0.3) is 0 Å². The summed E-state index contributed by atoms with van der Waals surface area (Å²) in [5, 5.41) is 6.83. The lowest BCUT2D eigenvalue weighted by Gasteiger charge is -2.24. The van der Waals surface area contributed by atoms with Crippen LogP contribution >= 0.6 is 0 Å². The fourth-order valence-electron chi connectivity index (χ4n) is 2.78. The topological polar surface area (TPSA) is 59.1 Å². The molecule has 0 spiro atoms. The van der Waals surface area contributed by atoms with Crippen molar-refractivity contribution in [3.05, 3.63) is 36.0 Å². The summed E-state index contributed by atoms with van der Waals surface area (Å²) in [6, 6.07) is 10.4. The van der Waals surface area contributed by atoms with Gasteiger partial charge in [-0.05, 0) is 51.1 Å². The van der Waals surface area contributed by atoms with Gasteiger partial charge >= 0.3 is 0 Å². The fraction of sp³-hybridized carbons (Fsp3) is 0.412. The first-order valence-electron chi connectivity index (χ1n) is 7.72. The summed E-state index contributed by atoms with van der Waals surface area (Å²) in [5.74, 6) is 1.53. The van der Waals surface area contributed by atoms with Crippen molar-refractivity contribution in [2.24, 2.45) is 0 Å². The number of aromatic nitrogens is 2. The van der Waals surface area contributed by atoms with Gasteiger partial charge in [-0.25, -0.2) is 9.97 Å². The number of anilines is 1. The van der Waals surface area contributed by atoms with E-state index in [0.29, 0.717) is 12.0 Å². The van der Waals surface area contributed by atoms with E-state index in [-0.39, 0.29) is 0 Å². The summed E-state index contributed by atoms with van der Waals surface area (Å²) in [4.78, 5) is 9.21. The Balaban J connectivity index is 1.89.